The molecular weight excluding hydrogens is 425 g/mol. The summed E-state index contributed by atoms with van der Waals surface area (Å²) in [7, 11) is -1.77. The van der Waals surface area contributed by atoms with E-state index in [2.05, 4.69) is 9.97 Å². The van der Waals surface area contributed by atoms with Crippen LogP contribution in [0.5, 0.6) is 0 Å². The van der Waals surface area contributed by atoms with E-state index < -0.39 is 27.3 Å². The summed E-state index contributed by atoms with van der Waals surface area (Å²) in [4.78, 5) is 35.8. The van der Waals surface area contributed by atoms with E-state index in [0.29, 0.717) is 18.5 Å². The van der Waals surface area contributed by atoms with Crippen molar-refractivity contribution >= 4 is 32.7 Å². The van der Waals surface area contributed by atoms with Crippen molar-refractivity contribution in [1.82, 2.24) is 24.0 Å². The molecule has 0 aliphatic heterocycles. The fourth-order valence-corrected chi connectivity index (χ4v) is 3.86. The zero-order valence-corrected chi connectivity index (χ0v) is 18.3. The van der Waals surface area contributed by atoms with E-state index in [0.717, 1.165) is 4.57 Å². The Labute approximate surface area is 178 Å². The predicted molar refractivity (Wildman–Crippen MR) is 115 cm³/mol. The number of hydrogen-bond donors (Lipinski definition) is 2. The maximum absolute atomic E-state index is 13.3. The lowest BCUT2D eigenvalue weighted by Gasteiger charge is -2.16. The van der Waals surface area contributed by atoms with Crippen LogP contribution in [0.4, 0.5) is 15.0 Å². The first-order valence-electron chi connectivity index (χ1n) is 9.65. The van der Waals surface area contributed by atoms with Crippen LogP contribution >= 0.6 is 0 Å². The van der Waals surface area contributed by atoms with Crippen LogP contribution in [0.1, 0.15) is 25.8 Å². The summed E-state index contributed by atoms with van der Waals surface area (Å²) < 4.78 is 35.9. The summed E-state index contributed by atoms with van der Waals surface area (Å²) in [5.41, 5.74) is 5.91. The maximum atomic E-state index is 13.3. The third-order valence-corrected chi connectivity index (χ3v) is 6.39. The van der Waals surface area contributed by atoms with Gasteiger partial charge >= 0.3 is 11.7 Å². The average molecular weight is 450 g/mol. The number of benzene rings is 1. The van der Waals surface area contributed by atoms with Gasteiger partial charge in [0.2, 0.25) is 5.16 Å². The maximum Gasteiger partial charge on any atom is 0.339 e. The highest BCUT2D eigenvalue weighted by Crippen LogP contribution is 2.21. The summed E-state index contributed by atoms with van der Waals surface area (Å²) in [5, 5.41) is -0.306. The van der Waals surface area contributed by atoms with Gasteiger partial charge < -0.3 is 10.6 Å². The number of nitrogens with one attached hydrogen (secondary N) is 1. The number of imidazole rings is 1. The van der Waals surface area contributed by atoms with Crippen LogP contribution in [0.25, 0.3) is 11.2 Å². The van der Waals surface area contributed by atoms with Gasteiger partial charge in [-0.15, -0.1) is 0 Å². The molecule has 31 heavy (non-hydrogen) atoms. The van der Waals surface area contributed by atoms with Crippen molar-refractivity contribution in [2.24, 2.45) is 0 Å². The SMILES string of the molecule is CCCN(C)C(=O)n1c(=O)n(Cc2ccc(F)cc2)c2nc([S@](=N)(=O)CC)nc(N)c21. The largest absolute Gasteiger partial charge is 0.382 e. The van der Waals surface area contributed by atoms with Crippen LogP contribution in [-0.2, 0) is 16.3 Å². The second-order valence-electron chi connectivity index (χ2n) is 7.06. The molecule has 3 aromatic rings. The number of anilines is 1. The fourth-order valence-electron chi connectivity index (χ4n) is 3.12. The van der Waals surface area contributed by atoms with Gasteiger partial charge in [-0.2, -0.15) is 4.98 Å². The number of carbonyl (C=O) groups is 1. The highest BCUT2D eigenvalue weighted by molar-refractivity contribution is 7.92. The van der Waals surface area contributed by atoms with Crippen molar-refractivity contribution in [3.8, 4) is 0 Å². The van der Waals surface area contributed by atoms with Crippen LogP contribution in [-0.4, -0.2) is 53.6 Å². The van der Waals surface area contributed by atoms with Crippen LogP contribution in [0.2, 0.25) is 0 Å². The number of halogens is 1. The number of nitrogen functional groups attached to an aromatic ring is 1. The molecule has 1 amide bonds. The highest BCUT2D eigenvalue weighted by atomic mass is 32.2. The lowest BCUT2D eigenvalue weighted by Crippen LogP contribution is -2.38. The molecule has 0 aliphatic carbocycles. The van der Waals surface area contributed by atoms with E-state index in [4.69, 9.17) is 10.5 Å². The van der Waals surface area contributed by atoms with E-state index >= 15 is 0 Å². The number of aromatic nitrogens is 4. The summed E-state index contributed by atoms with van der Waals surface area (Å²) in [6.45, 7) is 3.82. The summed E-state index contributed by atoms with van der Waals surface area (Å²) in [6, 6.07) is 4.90. The third kappa shape index (κ3) is 4.15. The molecule has 1 aromatic carbocycles. The normalized spacial score (nSPS) is 13.3. The molecule has 0 bridgehead atoms. The zero-order chi connectivity index (χ0) is 22.9. The molecule has 1 atom stereocenters. The molecule has 0 aliphatic rings. The Morgan fingerprint density at radius 1 is 1.26 bits per heavy atom. The van der Waals surface area contributed by atoms with Crippen molar-refractivity contribution in [2.45, 2.75) is 32.0 Å². The van der Waals surface area contributed by atoms with E-state index in [9.17, 15) is 18.2 Å². The second-order valence-corrected chi connectivity index (χ2v) is 9.36. The smallest absolute Gasteiger partial charge is 0.339 e. The van der Waals surface area contributed by atoms with E-state index in [1.165, 1.54) is 33.7 Å². The minimum atomic E-state index is -3.33. The third-order valence-electron chi connectivity index (χ3n) is 4.81. The van der Waals surface area contributed by atoms with Gasteiger partial charge in [0.05, 0.1) is 6.54 Å². The molecular formula is C19H24FN7O3S. The molecule has 3 N–H and O–H groups in total. The van der Waals surface area contributed by atoms with Crippen molar-refractivity contribution in [3.63, 3.8) is 0 Å². The van der Waals surface area contributed by atoms with Crippen LogP contribution in [0.15, 0.2) is 34.2 Å². The Hall–Kier alpha value is -3.28. The van der Waals surface area contributed by atoms with Gasteiger partial charge in [0.1, 0.15) is 21.1 Å². The minimum Gasteiger partial charge on any atom is -0.382 e. The lowest BCUT2D eigenvalue weighted by molar-refractivity contribution is 0.210. The first-order chi connectivity index (χ1) is 14.6. The van der Waals surface area contributed by atoms with E-state index in [-0.39, 0.29) is 34.4 Å². The molecule has 0 unspecified atom stereocenters. The number of nitrogens with two attached hydrogens (primary N) is 1. The van der Waals surface area contributed by atoms with Crippen molar-refractivity contribution < 1.29 is 13.4 Å². The quantitative estimate of drug-likeness (QED) is 0.552. The highest BCUT2D eigenvalue weighted by Gasteiger charge is 2.27. The molecule has 12 heteroatoms. The number of fused-ring (bicyclic) bond motifs is 1. The van der Waals surface area contributed by atoms with Gasteiger partial charge in [0.25, 0.3) is 0 Å². The number of nitrogens with zero attached hydrogens (tertiary/aromatic N) is 5. The molecule has 0 fully saturated rings. The molecule has 2 aromatic heterocycles. The monoisotopic (exact) mass is 449 g/mol. The minimum absolute atomic E-state index is 0.0106. The molecule has 10 nitrogen and oxygen atoms in total. The number of hydrogen-bond acceptors (Lipinski definition) is 7. The molecule has 0 saturated heterocycles. The molecule has 166 valence electrons. The van der Waals surface area contributed by atoms with Crippen LogP contribution < -0.4 is 11.4 Å². The van der Waals surface area contributed by atoms with Crippen LogP contribution in [0, 0.1) is 10.6 Å². The van der Waals surface area contributed by atoms with Crippen molar-refractivity contribution in [3.05, 3.63) is 46.1 Å². The molecule has 2 heterocycles. The topological polar surface area (TPSA) is 140 Å². The summed E-state index contributed by atoms with van der Waals surface area (Å²) in [6.07, 6.45) is 0.679. The lowest BCUT2D eigenvalue weighted by atomic mass is 10.2. The predicted octanol–water partition coefficient (Wildman–Crippen LogP) is 2.10. The fraction of sp³-hybridized carbons (Fsp3) is 0.368. The van der Waals surface area contributed by atoms with Gasteiger partial charge in [-0.3, -0.25) is 4.57 Å². The Kier molecular flexibility index (Phi) is 6.11. The van der Waals surface area contributed by atoms with Gasteiger partial charge in [-0.05, 0) is 24.1 Å². The summed E-state index contributed by atoms with van der Waals surface area (Å²) >= 11 is 0. The standard InChI is InChI=1S/C19H24FN7O3S/c1-4-10-25(3)18(28)27-14-15(21)23-17(31(22,30)5-2)24-16(14)26(19(27)29)11-12-6-8-13(20)9-7-12/h6-9,22H,4-5,10-11H2,1-3H3,(H2,21,23,24)/t31-/m1/s1. The van der Waals surface area contributed by atoms with Gasteiger partial charge in [-0.25, -0.2) is 32.5 Å². The molecule has 0 saturated carbocycles. The molecule has 0 spiro atoms. The molecule has 3 rings (SSSR count). The molecule has 0 radical (unpaired) electrons. The Balaban J connectivity index is 2.32. The average Bonchev–Trinajstić information content (AvgIpc) is 3.01. The second kappa shape index (κ2) is 8.46. The number of rotatable bonds is 6. The van der Waals surface area contributed by atoms with Gasteiger partial charge in [-0.1, -0.05) is 26.0 Å². The van der Waals surface area contributed by atoms with Crippen LogP contribution in [0.3, 0.4) is 0 Å². The first kappa shape index (κ1) is 22.4. The summed E-state index contributed by atoms with van der Waals surface area (Å²) in [5.74, 6) is -0.693. The van der Waals surface area contributed by atoms with Gasteiger partial charge in [0, 0.05) is 19.3 Å². The number of carbonyl (C=O) groups excluding carboxylic acids is 1. The Morgan fingerprint density at radius 2 is 1.90 bits per heavy atom. The van der Waals surface area contributed by atoms with Crippen molar-refractivity contribution in [1.29, 1.82) is 4.78 Å². The number of amides is 1. The van der Waals surface area contributed by atoms with Crippen molar-refractivity contribution in [2.75, 3.05) is 25.1 Å². The van der Waals surface area contributed by atoms with E-state index in [1.807, 2.05) is 6.92 Å². The van der Waals surface area contributed by atoms with Gasteiger partial charge in [0.15, 0.2) is 11.5 Å². The van der Waals surface area contributed by atoms with E-state index in [1.54, 1.807) is 14.0 Å². The Bertz CT molecular complexity index is 1300. The zero-order valence-electron chi connectivity index (χ0n) is 17.5. The Morgan fingerprint density at radius 3 is 2.48 bits per heavy atom. The first-order valence-corrected chi connectivity index (χ1v) is 11.4.